The molecule has 0 atom stereocenters. The van der Waals surface area contributed by atoms with Crippen LogP contribution < -0.4 is 5.32 Å². The molecule has 0 unspecified atom stereocenters. The second-order valence-electron chi connectivity index (χ2n) is 5.45. The molecule has 1 N–H and O–H groups in total. The Morgan fingerprint density at radius 2 is 1.48 bits per heavy atom. The molecule has 0 aliphatic rings. The lowest BCUT2D eigenvalue weighted by molar-refractivity contribution is 0.0949. The fourth-order valence-corrected chi connectivity index (χ4v) is 2.58. The summed E-state index contributed by atoms with van der Waals surface area (Å²) in [5, 5.41) is 5.23. The number of Topliss-reactive ketones (excluding diaryl/α,β-unsaturated/α-hetero) is 1. The van der Waals surface area contributed by atoms with Gasteiger partial charge in [-0.3, -0.25) is 9.59 Å². The summed E-state index contributed by atoms with van der Waals surface area (Å²) in [5.74, 6) is -0.152. The Kier molecular flexibility index (Phi) is 4.20. The molecule has 3 rings (SSSR count). The first kappa shape index (κ1) is 15.0. The average Bonchev–Trinajstić information content (AvgIpc) is 2.59. The molecule has 0 bridgehead atoms. The van der Waals surface area contributed by atoms with Crippen LogP contribution in [0.2, 0.25) is 0 Å². The van der Waals surface area contributed by atoms with E-state index in [4.69, 9.17) is 0 Å². The van der Waals surface area contributed by atoms with E-state index in [-0.39, 0.29) is 11.7 Å². The highest BCUT2D eigenvalue weighted by Gasteiger charge is 2.07. The Labute approximate surface area is 135 Å². The third-order valence-corrected chi connectivity index (χ3v) is 3.87. The summed E-state index contributed by atoms with van der Waals surface area (Å²) in [6, 6.07) is 20.9. The van der Waals surface area contributed by atoms with Crippen LogP contribution in [0.5, 0.6) is 0 Å². The van der Waals surface area contributed by atoms with E-state index in [9.17, 15) is 9.59 Å². The number of benzene rings is 3. The van der Waals surface area contributed by atoms with Crippen molar-refractivity contribution in [2.75, 3.05) is 0 Å². The van der Waals surface area contributed by atoms with Gasteiger partial charge in [0.1, 0.15) is 0 Å². The van der Waals surface area contributed by atoms with E-state index in [0.29, 0.717) is 17.7 Å². The topological polar surface area (TPSA) is 46.2 Å². The molecule has 0 aromatic heterocycles. The highest BCUT2D eigenvalue weighted by molar-refractivity contribution is 5.98. The predicted octanol–water partition coefficient (Wildman–Crippen LogP) is 3.97. The maximum absolute atomic E-state index is 12.2. The minimum absolute atomic E-state index is 0.00675. The van der Waals surface area contributed by atoms with Gasteiger partial charge in [-0.05, 0) is 35.4 Å². The Morgan fingerprint density at radius 3 is 2.22 bits per heavy atom. The Bertz CT molecular complexity index is 861. The molecule has 1 amide bonds. The van der Waals surface area contributed by atoms with Crippen LogP contribution in [0.25, 0.3) is 10.8 Å². The number of hydrogen-bond donors (Lipinski definition) is 1. The highest BCUT2D eigenvalue weighted by atomic mass is 16.1. The van der Waals surface area contributed by atoms with E-state index < -0.39 is 0 Å². The summed E-state index contributed by atoms with van der Waals surface area (Å²) in [7, 11) is 0. The minimum Gasteiger partial charge on any atom is -0.348 e. The molecule has 3 heteroatoms. The molecule has 0 aliphatic carbocycles. The zero-order chi connectivity index (χ0) is 16.2. The number of carbonyl (C=O) groups excluding carboxylic acids is 2. The summed E-state index contributed by atoms with van der Waals surface area (Å²) in [4.78, 5) is 23.5. The number of fused-ring (bicyclic) bond motifs is 1. The van der Waals surface area contributed by atoms with E-state index in [1.807, 2.05) is 24.3 Å². The lowest BCUT2D eigenvalue weighted by Gasteiger charge is -2.09. The summed E-state index contributed by atoms with van der Waals surface area (Å²) in [5.41, 5.74) is 2.24. The average molecular weight is 303 g/mol. The van der Waals surface area contributed by atoms with Crippen LogP contribution in [0.3, 0.4) is 0 Å². The standard InChI is InChI=1S/C20H17NO2/c1-14(22)15-9-11-17(12-10-15)20(23)21-13-18-7-4-6-16-5-2-3-8-19(16)18/h2-12H,13H2,1H3,(H,21,23). The summed E-state index contributed by atoms with van der Waals surface area (Å²) >= 11 is 0. The van der Waals surface area contributed by atoms with Gasteiger partial charge >= 0.3 is 0 Å². The van der Waals surface area contributed by atoms with Crippen LogP contribution in [-0.2, 0) is 6.54 Å². The highest BCUT2D eigenvalue weighted by Crippen LogP contribution is 2.18. The van der Waals surface area contributed by atoms with Crippen molar-refractivity contribution in [3.8, 4) is 0 Å². The quantitative estimate of drug-likeness (QED) is 0.741. The van der Waals surface area contributed by atoms with Gasteiger partial charge in [-0.2, -0.15) is 0 Å². The molecule has 0 heterocycles. The van der Waals surface area contributed by atoms with E-state index >= 15 is 0 Å². The molecule has 23 heavy (non-hydrogen) atoms. The summed E-state index contributed by atoms with van der Waals surface area (Å²) < 4.78 is 0. The van der Waals surface area contributed by atoms with Crippen molar-refractivity contribution in [3.63, 3.8) is 0 Å². The first-order valence-corrected chi connectivity index (χ1v) is 7.51. The molecule has 3 nitrogen and oxygen atoms in total. The van der Waals surface area contributed by atoms with Gasteiger partial charge in [0.05, 0.1) is 0 Å². The van der Waals surface area contributed by atoms with Gasteiger partial charge in [-0.1, -0.05) is 54.6 Å². The van der Waals surface area contributed by atoms with Crippen molar-refractivity contribution in [2.45, 2.75) is 13.5 Å². The van der Waals surface area contributed by atoms with Crippen LogP contribution in [0, 0.1) is 0 Å². The maximum atomic E-state index is 12.2. The smallest absolute Gasteiger partial charge is 0.251 e. The number of carbonyl (C=O) groups is 2. The maximum Gasteiger partial charge on any atom is 0.251 e. The van der Waals surface area contributed by atoms with E-state index in [1.54, 1.807) is 24.3 Å². The molecule has 3 aromatic rings. The Balaban J connectivity index is 1.74. The minimum atomic E-state index is -0.145. The molecule has 3 aromatic carbocycles. The number of rotatable bonds is 4. The van der Waals surface area contributed by atoms with Crippen LogP contribution in [-0.4, -0.2) is 11.7 Å². The fourth-order valence-electron chi connectivity index (χ4n) is 2.58. The molecule has 114 valence electrons. The number of ketones is 1. The largest absolute Gasteiger partial charge is 0.348 e. The molecule has 0 saturated carbocycles. The van der Waals surface area contributed by atoms with E-state index in [0.717, 1.165) is 16.3 Å². The monoisotopic (exact) mass is 303 g/mol. The lowest BCUT2D eigenvalue weighted by Crippen LogP contribution is -2.22. The first-order valence-electron chi connectivity index (χ1n) is 7.51. The van der Waals surface area contributed by atoms with Crippen LogP contribution in [0.4, 0.5) is 0 Å². The van der Waals surface area contributed by atoms with Crippen molar-refractivity contribution >= 4 is 22.5 Å². The predicted molar refractivity (Wildman–Crippen MR) is 91.6 cm³/mol. The Morgan fingerprint density at radius 1 is 0.826 bits per heavy atom. The normalized spacial score (nSPS) is 10.5. The molecule has 0 radical (unpaired) electrons. The fraction of sp³-hybridized carbons (Fsp3) is 0.100. The SMILES string of the molecule is CC(=O)c1ccc(C(=O)NCc2cccc3ccccc23)cc1. The van der Waals surface area contributed by atoms with Gasteiger partial charge in [0, 0.05) is 17.7 Å². The molecular formula is C20H17NO2. The van der Waals surface area contributed by atoms with Crippen LogP contribution in [0.15, 0.2) is 66.7 Å². The number of hydrogen-bond acceptors (Lipinski definition) is 2. The van der Waals surface area contributed by atoms with Crippen molar-refractivity contribution < 1.29 is 9.59 Å². The first-order chi connectivity index (χ1) is 11.1. The van der Waals surface area contributed by atoms with Gasteiger partial charge in [-0.15, -0.1) is 0 Å². The van der Waals surface area contributed by atoms with Crippen molar-refractivity contribution in [2.24, 2.45) is 0 Å². The van der Waals surface area contributed by atoms with Gasteiger partial charge < -0.3 is 5.32 Å². The van der Waals surface area contributed by atoms with E-state index in [1.165, 1.54) is 6.92 Å². The summed E-state index contributed by atoms with van der Waals surface area (Å²) in [6.45, 7) is 1.98. The summed E-state index contributed by atoms with van der Waals surface area (Å²) in [6.07, 6.45) is 0. The van der Waals surface area contributed by atoms with Gasteiger partial charge in [0.25, 0.3) is 5.91 Å². The molecule has 0 spiro atoms. The molecular weight excluding hydrogens is 286 g/mol. The van der Waals surface area contributed by atoms with Crippen molar-refractivity contribution in [1.82, 2.24) is 5.32 Å². The third-order valence-electron chi connectivity index (χ3n) is 3.87. The number of amides is 1. The molecule has 0 saturated heterocycles. The van der Waals surface area contributed by atoms with Gasteiger partial charge in [0.15, 0.2) is 5.78 Å². The molecule has 0 aliphatic heterocycles. The van der Waals surface area contributed by atoms with Crippen molar-refractivity contribution in [1.29, 1.82) is 0 Å². The second kappa shape index (κ2) is 6.44. The molecule has 0 fully saturated rings. The lowest BCUT2D eigenvalue weighted by atomic mass is 10.0. The van der Waals surface area contributed by atoms with Crippen LogP contribution in [0.1, 0.15) is 33.2 Å². The van der Waals surface area contributed by atoms with E-state index in [2.05, 4.69) is 23.5 Å². The number of nitrogens with one attached hydrogen (secondary N) is 1. The van der Waals surface area contributed by atoms with Crippen LogP contribution >= 0.6 is 0 Å². The third kappa shape index (κ3) is 3.29. The Hall–Kier alpha value is -2.94. The van der Waals surface area contributed by atoms with Gasteiger partial charge in [-0.25, -0.2) is 0 Å². The zero-order valence-electron chi connectivity index (χ0n) is 12.9. The van der Waals surface area contributed by atoms with Gasteiger partial charge in [0.2, 0.25) is 0 Å². The van der Waals surface area contributed by atoms with Crippen molar-refractivity contribution in [3.05, 3.63) is 83.4 Å². The zero-order valence-corrected chi connectivity index (χ0v) is 12.9. The second-order valence-corrected chi connectivity index (χ2v) is 5.45.